The van der Waals surface area contributed by atoms with E-state index in [1.165, 1.54) is 49.7 Å². The van der Waals surface area contributed by atoms with Gasteiger partial charge in [-0.15, -0.1) is 0 Å². The number of carboxylic acid groups (broad SMARTS) is 1. The Kier molecular flexibility index (Phi) is 6.72. The zero-order valence-corrected chi connectivity index (χ0v) is 16.0. The van der Waals surface area contributed by atoms with Crippen LogP contribution in [0, 0.1) is 0 Å². The lowest BCUT2D eigenvalue weighted by Gasteiger charge is -2.21. The van der Waals surface area contributed by atoms with Crippen LogP contribution in [0.4, 0.5) is 5.69 Å². The number of hydrogen-bond acceptors (Lipinski definition) is 6. The summed E-state index contributed by atoms with van der Waals surface area (Å²) in [5.41, 5.74) is 3.26. The molecule has 0 fully saturated rings. The number of amides is 1. The standard InChI is InChI=1S/C18H19N3O6S/c1-27-16-9-7-15(8-10-16)21(28(2,25)26)12-17(22)20-19-11-13-3-5-14(6-4-13)18(23)24/h3-11H,12H2,1-2H3,(H,20,22)(H,23,24)/b19-11+. The van der Waals surface area contributed by atoms with Crippen LogP contribution < -0.4 is 14.5 Å². The summed E-state index contributed by atoms with van der Waals surface area (Å²) < 4.78 is 30.0. The molecule has 0 aliphatic carbocycles. The lowest BCUT2D eigenvalue weighted by atomic mass is 10.1. The number of hydrazone groups is 1. The first-order chi connectivity index (χ1) is 13.2. The molecule has 0 aliphatic heterocycles. The highest BCUT2D eigenvalue weighted by molar-refractivity contribution is 7.92. The summed E-state index contributed by atoms with van der Waals surface area (Å²) in [5, 5.41) is 12.6. The summed E-state index contributed by atoms with van der Waals surface area (Å²) in [6, 6.07) is 12.1. The summed E-state index contributed by atoms with van der Waals surface area (Å²) in [7, 11) is -2.21. The molecule has 9 nitrogen and oxygen atoms in total. The average molecular weight is 405 g/mol. The SMILES string of the molecule is COc1ccc(N(CC(=O)N/N=C/c2ccc(C(=O)O)cc2)S(C)(=O)=O)cc1. The Morgan fingerprint density at radius 2 is 1.75 bits per heavy atom. The molecule has 148 valence electrons. The molecule has 10 heteroatoms. The van der Waals surface area contributed by atoms with E-state index in [1.807, 2.05) is 0 Å². The molecule has 0 atom stereocenters. The van der Waals surface area contributed by atoms with Crippen LogP contribution in [0.2, 0.25) is 0 Å². The van der Waals surface area contributed by atoms with Crippen molar-refractivity contribution in [1.29, 1.82) is 0 Å². The van der Waals surface area contributed by atoms with Crippen LogP contribution >= 0.6 is 0 Å². The van der Waals surface area contributed by atoms with Crippen molar-refractivity contribution in [3.63, 3.8) is 0 Å². The smallest absolute Gasteiger partial charge is 0.335 e. The van der Waals surface area contributed by atoms with Crippen LogP contribution in [0.3, 0.4) is 0 Å². The van der Waals surface area contributed by atoms with Crippen molar-refractivity contribution in [2.45, 2.75) is 0 Å². The van der Waals surface area contributed by atoms with Gasteiger partial charge in [0, 0.05) is 0 Å². The van der Waals surface area contributed by atoms with Crippen LogP contribution in [0.15, 0.2) is 53.6 Å². The molecule has 0 bridgehead atoms. The van der Waals surface area contributed by atoms with Crippen molar-refractivity contribution in [2.75, 3.05) is 24.2 Å². The second-order valence-electron chi connectivity index (χ2n) is 5.69. The highest BCUT2D eigenvalue weighted by atomic mass is 32.2. The predicted molar refractivity (Wildman–Crippen MR) is 104 cm³/mol. The molecule has 2 aromatic carbocycles. The van der Waals surface area contributed by atoms with E-state index in [4.69, 9.17) is 9.84 Å². The summed E-state index contributed by atoms with van der Waals surface area (Å²) in [6.07, 6.45) is 2.32. The monoisotopic (exact) mass is 405 g/mol. The fraction of sp³-hybridized carbons (Fsp3) is 0.167. The fourth-order valence-electron chi connectivity index (χ4n) is 2.20. The maximum Gasteiger partial charge on any atom is 0.335 e. The zero-order valence-electron chi connectivity index (χ0n) is 15.2. The molecule has 1 amide bonds. The molecule has 0 heterocycles. The van der Waals surface area contributed by atoms with Gasteiger partial charge in [0.15, 0.2) is 0 Å². The summed E-state index contributed by atoms with van der Waals surface area (Å²) in [6.45, 7) is -0.458. The van der Waals surface area contributed by atoms with Crippen LogP contribution in [0.5, 0.6) is 5.75 Å². The van der Waals surface area contributed by atoms with Gasteiger partial charge in [0.05, 0.1) is 30.8 Å². The lowest BCUT2D eigenvalue weighted by molar-refractivity contribution is -0.119. The maximum atomic E-state index is 12.1. The van der Waals surface area contributed by atoms with Crippen LogP contribution in [-0.4, -0.2) is 51.5 Å². The van der Waals surface area contributed by atoms with Crippen molar-refractivity contribution >= 4 is 33.8 Å². The van der Waals surface area contributed by atoms with Crippen molar-refractivity contribution in [3.8, 4) is 5.75 Å². The van der Waals surface area contributed by atoms with Crippen LogP contribution in [-0.2, 0) is 14.8 Å². The van der Waals surface area contributed by atoms with E-state index in [2.05, 4.69) is 10.5 Å². The molecule has 2 rings (SSSR count). The molecular weight excluding hydrogens is 386 g/mol. The quantitative estimate of drug-likeness (QED) is 0.504. The molecule has 2 N–H and O–H groups in total. The number of methoxy groups -OCH3 is 1. The molecule has 28 heavy (non-hydrogen) atoms. The largest absolute Gasteiger partial charge is 0.497 e. The Balaban J connectivity index is 2.04. The molecule has 0 radical (unpaired) electrons. The van der Waals surface area contributed by atoms with Gasteiger partial charge in [0.2, 0.25) is 10.0 Å². The topological polar surface area (TPSA) is 125 Å². The number of sulfonamides is 1. The first-order valence-electron chi connectivity index (χ1n) is 7.97. The molecule has 2 aromatic rings. The second kappa shape index (κ2) is 9.00. The van der Waals surface area contributed by atoms with Gasteiger partial charge in [-0.05, 0) is 42.0 Å². The summed E-state index contributed by atoms with van der Waals surface area (Å²) >= 11 is 0. The predicted octanol–water partition coefficient (Wildman–Crippen LogP) is 1.31. The van der Waals surface area contributed by atoms with Gasteiger partial charge in [0.25, 0.3) is 5.91 Å². The minimum Gasteiger partial charge on any atom is -0.497 e. The number of carbonyl (C=O) groups is 2. The molecule has 0 aliphatic rings. The molecule has 0 saturated carbocycles. The normalized spacial score (nSPS) is 11.2. The number of nitrogens with one attached hydrogen (secondary N) is 1. The van der Waals surface area contributed by atoms with Gasteiger partial charge < -0.3 is 9.84 Å². The van der Waals surface area contributed by atoms with Gasteiger partial charge in [-0.25, -0.2) is 18.6 Å². The van der Waals surface area contributed by atoms with Gasteiger partial charge in [-0.1, -0.05) is 12.1 Å². The molecule has 0 unspecified atom stereocenters. The highest BCUT2D eigenvalue weighted by Crippen LogP contribution is 2.21. The van der Waals surface area contributed by atoms with Crippen molar-refractivity contribution in [2.24, 2.45) is 5.10 Å². The van der Waals surface area contributed by atoms with Gasteiger partial charge in [-0.3, -0.25) is 9.10 Å². The Labute approximate surface area is 162 Å². The third-order valence-corrected chi connectivity index (χ3v) is 4.75. The van der Waals surface area contributed by atoms with Crippen LogP contribution in [0.1, 0.15) is 15.9 Å². The molecule has 0 spiro atoms. The van der Waals surface area contributed by atoms with Gasteiger partial charge in [-0.2, -0.15) is 5.10 Å². The number of carbonyl (C=O) groups excluding carboxylic acids is 1. The van der Waals surface area contributed by atoms with E-state index in [-0.39, 0.29) is 5.56 Å². The number of aromatic carboxylic acids is 1. The maximum absolute atomic E-state index is 12.1. The van der Waals surface area contributed by atoms with Crippen molar-refractivity contribution < 1.29 is 27.9 Å². The van der Waals surface area contributed by atoms with E-state index in [0.717, 1.165) is 10.6 Å². The Hall–Kier alpha value is -3.40. The number of hydrogen-bond donors (Lipinski definition) is 2. The minimum atomic E-state index is -3.70. The zero-order chi connectivity index (χ0) is 20.7. The Morgan fingerprint density at radius 1 is 1.14 bits per heavy atom. The third kappa shape index (κ3) is 5.81. The van der Waals surface area contributed by atoms with Crippen molar-refractivity contribution in [1.82, 2.24) is 5.43 Å². The Morgan fingerprint density at radius 3 is 2.25 bits per heavy atom. The van der Waals surface area contributed by atoms with Crippen molar-refractivity contribution in [3.05, 3.63) is 59.7 Å². The van der Waals surface area contributed by atoms with E-state index in [0.29, 0.717) is 17.0 Å². The number of benzene rings is 2. The fourth-order valence-corrected chi connectivity index (χ4v) is 3.06. The van der Waals surface area contributed by atoms with E-state index in [9.17, 15) is 18.0 Å². The first kappa shape index (κ1) is 20.9. The summed E-state index contributed by atoms with van der Waals surface area (Å²) in [4.78, 5) is 22.9. The number of rotatable bonds is 8. The van der Waals surface area contributed by atoms with Crippen LogP contribution in [0.25, 0.3) is 0 Å². The van der Waals surface area contributed by atoms with Gasteiger partial charge >= 0.3 is 5.97 Å². The van der Waals surface area contributed by atoms with E-state index in [1.54, 1.807) is 12.1 Å². The third-order valence-electron chi connectivity index (χ3n) is 3.61. The highest BCUT2D eigenvalue weighted by Gasteiger charge is 2.20. The van der Waals surface area contributed by atoms with Gasteiger partial charge in [0.1, 0.15) is 12.3 Å². The Bertz CT molecular complexity index is 969. The van der Waals surface area contributed by atoms with E-state index >= 15 is 0 Å². The minimum absolute atomic E-state index is 0.129. The molecule has 0 aromatic heterocycles. The number of anilines is 1. The molecular formula is C18H19N3O6S. The number of carboxylic acids is 1. The van der Waals surface area contributed by atoms with E-state index < -0.39 is 28.4 Å². The summed E-state index contributed by atoms with van der Waals surface area (Å²) in [5.74, 6) is -1.13. The lowest BCUT2D eigenvalue weighted by Crippen LogP contribution is -2.39. The average Bonchev–Trinajstić information content (AvgIpc) is 2.66. The number of ether oxygens (including phenoxy) is 1. The second-order valence-corrected chi connectivity index (χ2v) is 7.59. The number of nitrogens with zero attached hydrogens (tertiary/aromatic N) is 2. The first-order valence-corrected chi connectivity index (χ1v) is 9.82. The molecule has 0 saturated heterocycles.